The Labute approximate surface area is 170 Å². The van der Waals surface area contributed by atoms with Gasteiger partial charge < -0.3 is 19.7 Å². The quantitative estimate of drug-likeness (QED) is 0.812. The van der Waals surface area contributed by atoms with Crippen LogP contribution in [0, 0.1) is 0 Å². The molecule has 1 fully saturated rings. The van der Waals surface area contributed by atoms with E-state index in [0.29, 0.717) is 24.5 Å². The summed E-state index contributed by atoms with van der Waals surface area (Å²) in [6.45, 7) is 1.50. The van der Waals surface area contributed by atoms with Crippen LogP contribution in [0.1, 0.15) is 43.2 Å². The summed E-state index contributed by atoms with van der Waals surface area (Å²) in [6.07, 6.45) is 6.98. The first kappa shape index (κ1) is 19.1. The van der Waals surface area contributed by atoms with Gasteiger partial charge in [-0.1, -0.05) is 19.3 Å². The topological polar surface area (TPSA) is 72.4 Å². The van der Waals surface area contributed by atoms with Crippen LogP contribution in [-0.4, -0.2) is 41.8 Å². The molecule has 2 aromatic rings. The second-order valence-electron chi connectivity index (χ2n) is 7.35. The summed E-state index contributed by atoms with van der Waals surface area (Å²) in [6, 6.07) is 4.51. The van der Waals surface area contributed by atoms with Gasteiger partial charge in [0.15, 0.2) is 11.5 Å². The molecule has 0 amide bonds. The second-order valence-corrected chi connectivity index (χ2v) is 7.69. The van der Waals surface area contributed by atoms with Gasteiger partial charge in [0.1, 0.15) is 0 Å². The molecule has 1 aromatic heterocycles. The van der Waals surface area contributed by atoms with Crippen molar-refractivity contribution in [3.8, 4) is 11.5 Å². The lowest BCUT2D eigenvalue weighted by molar-refractivity contribution is 0.353. The van der Waals surface area contributed by atoms with Crippen molar-refractivity contribution < 1.29 is 9.47 Å². The molecule has 1 aliphatic heterocycles. The third kappa shape index (κ3) is 4.09. The molecule has 0 atom stereocenters. The molecule has 0 radical (unpaired) electrons. The Bertz CT molecular complexity index is 842. The molecule has 2 heterocycles. The van der Waals surface area contributed by atoms with Crippen LogP contribution in [-0.2, 0) is 13.0 Å². The fraction of sp³-hybridized carbons (Fsp3) is 0.550. The van der Waals surface area contributed by atoms with Crippen molar-refractivity contribution in [2.45, 2.75) is 51.1 Å². The molecule has 7 nitrogen and oxygen atoms in total. The number of fused-ring (bicyclic) bond motifs is 1. The van der Waals surface area contributed by atoms with Gasteiger partial charge in [0.05, 0.1) is 14.2 Å². The van der Waals surface area contributed by atoms with E-state index < -0.39 is 0 Å². The average Bonchev–Trinajstić information content (AvgIpc) is 2.72. The molecule has 150 valence electrons. The Hall–Kier alpha value is -2.28. The van der Waals surface area contributed by atoms with Crippen molar-refractivity contribution in [2.75, 3.05) is 31.0 Å². The van der Waals surface area contributed by atoms with E-state index in [1.165, 1.54) is 30.4 Å². The number of anilines is 2. The van der Waals surface area contributed by atoms with Crippen molar-refractivity contribution in [2.24, 2.45) is 0 Å². The van der Waals surface area contributed by atoms with Gasteiger partial charge in [-0.05, 0) is 54.1 Å². The van der Waals surface area contributed by atoms with Crippen molar-refractivity contribution in [3.63, 3.8) is 0 Å². The van der Waals surface area contributed by atoms with E-state index in [1.54, 1.807) is 14.2 Å². The van der Waals surface area contributed by atoms with Crippen LogP contribution in [0.15, 0.2) is 12.1 Å². The SMILES string of the molecule is COc1cc2c(cc1OC)CN(c1nc(Cl)nc(NC3CCCCC3)n1)CC2. The normalized spacial score (nSPS) is 17.2. The lowest BCUT2D eigenvalue weighted by atomic mass is 9.96. The predicted octanol–water partition coefficient (Wildman–Crippen LogP) is 3.85. The summed E-state index contributed by atoms with van der Waals surface area (Å²) in [5.74, 6) is 2.67. The number of rotatable bonds is 5. The minimum atomic E-state index is 0.224. The van der Waals surface area contributed by atoms with E-state index in [-0.39, 0.29) is 5.28 Å². The zero-order valence-corrected chi connectivity index (χ0v) is 17.1. The molecule has 4 rings (SSSR count). The van der Waals surface area contributed by atoms with E-state index in [0.717, 1.165) is 37.3 Å². The van der Waals surface area contributed by atoms with Gasteiger partial charge in [-0.15, -0.1) is 0 Å². The minimum absolute atomic E-state index is 0.224. The third-order valence-electron chi connectivity index (χ3n) is 5.54. The Morgan fingerprint density at radius 2 is 1.71 bits per heavy atom. The van der Waals surface area contributed by atoms with Crippen LogP contribution >= 0.6 is 11.6 Å². The molecule has 0 unspecified atom stereocenters. The number of nitrogens with one attached hydrogen (secondary N) is 1. The fourth-order valence-electron chi connectivity index (χ4n) is 4.03. The van der Waals surface area contributed by atoms with Gasteiger partial charge in [-0.2, -0.15) is 15.0 Å². The standard InChI is InChI=1S/C20H26ClN5O2/c1-27-16-10-13-8-9-26(12-14(13)11-17(16)28-2)20-24-18(21)23-19(25-20)22-15-6-4-3-5-7-15/h10-11,15H,3-9,12H2,1-2H3,(H,22,23,24,25). The largest absolute Gasteiger partial charge is 0.493 e. The first-order valence-corrected chi connectivity index (χ1v) is 10.2. The summed E-state index contributed by atoms with van der Waals surface area (Å²) in [5.41, 5.74) is 2.44. The van der Waals surface area contributed by atoms with Crippen LogP contribution < -0.4 is 19.7 Å². The lowest BCUT2D eigenvalue weighted by Gasteiger charge is -2.30. The summed E-state index contributed by atoms with van der Waals surface area (Å²) in [7, 11) is 3.31. The maximum Gasteiger partial charge on any atom is 0.231 e. The van der Waals surface area contributed by atoms with Gasteiger partial charge in [0.2, 0.25) is 17.2 Å². The number of hydrogen-bond acceptors (Lipinski definition) is 7. The van der Waals surface area contributed by atoms with E-state index in [4.69, 9.17) is 21.1 Å². The van der Waals surface area contributed by atoms with Crippen molar-refractivity contribution in [3.05, 3.63) is 28.5 Å². The van der Waals surface area contributed by atoms with Gasteiger partial charge in [0.25, 0.3) is 0 Å². The number of ether oxygens (including phenoxy) is 2. The first-order valence-electron chi connectivity index (χ1n) is 9.83. The van der Waals surface area contributed by atoms with E-state index in [2.05, 4.69) is 31.2 Å². The smallest absolute Gasteiger partial charge is 0.231 e. The molecule has 2 aliphatic rings. The third-order valence-corrected chi connectivity index (χ3v) is 5.70. The summed E-state index contributed by atoms with van der Waals surface area (Å²) >= 11 is 6.21. The first-order chi connectivity index (χ1) is 13.7. The van der Waals surface area contributed by atoms with Crippen LogP contribution in [0.25, 0.3) is 0 Å². The van der Waals surface area contributed by atoms with Crippen molar-refractivity contribution in [1.29, 1.82) is 0 Å². The minimum Gasteiger partial charge on any atom is -0.493 e. The Morgan fingerprint density at radius 1 is 1.00 bits per heavy atom. The molecule has 0 bridgehead atoms. The Balaban J connectivity index is 1.55. The molecule has 1 aromatic carbocycles. The number of halogens is 1. The molecular weight excluding hydrogens is 378 g/mol. The fourth-order valence-corrected chi connectivity index (χ4v) is 4.18. The van der Waals surface area contributed by atoms with Gasteiger partial charge in [0, 0.05) is 19.1 Å². The number of benzene rings is 1. The summed E-state index contributed by atoms with van der Waals surface area (Å²) < 4.78 is 10.9. The second kappa shape index (κ2) is 8.39. The maximum atomic E-state index is 6.21. The molecule has 1 N–H and O–H groups in total. The average molecular weight is 404 g/mol. The molecule has 0 spiro atoms. The van der Waals surface area contributed by atoms with Crippen LogP contribution in [0.3, 0.4) is 0 Å². The van der Waals surface area contributed by atoms with Crippen molar-refractivity contribution >= 4 is 23.5 Å². The van der Waals surface area contributed by atoms with E-state index in [1.807, 2.05) is 6.07 Å². The predicted molar refractivity (Wildman–Crippen MR) is 110 cm³/mol. The highest BCUT2D eigenvalue weighted by atomic mass is 35.5. The summed E-state index contributed by atoms with van der Waals surface area (Å²) in [4.78, 5) is 15.4. The van der Waals surface area contributed by atoms with Gasteiger partial charge >= 0.3 is 0 Å². The number of nitrogens with zero attached hydrogens (tertiary/aromatic N) is 4. The molecule has 1 saturated carbocycles. The molecule has 28 heavy (non-hydrogen) atoms. The van der Waals surface area contributed by atoms with Crippen LogP contribution in [0.5, 0.6) is 11.5 Å². The Morgan fingerprint density at radius 3 is 2.43 bits per heavy atom. The Kier molecular flexibility index (Phi) is 5.71. The number of methoxy groups -OCH3 is 2. The highest BCUT2D eigenvalue weighted by molar-refractivity contribution is 6.28. The molecule has 8 heteroatoms. The van der Waals surface area contributed by atoms with E-state index in [9.17, 15) is 0 Å². The highest BCUT2D eigenvalue weighted by Crippen LogP contribution is 2.34. The van der Waals surface area contributed by atoms with E-state index >= 15 is 0 Å². The van der Waals surface area contributed by atoms with Crippen LogP contribution in [0.4, 0.5) is 11.9 Å². The number of hydrogen-bond donors (Lipinski definition) is 1. The number of aromatic nitrogens is 3. The summed E-state index contributed by atoms with van der Waals surface area (Å²) in [5, 5.41) is 3.67. The van der Waals surface area contributed by atoms with Gasteiger partial charge in [-0.3, -0.25) is 0 Å². The molecule has 1 aliphatic carbocycles. The highest BCUT2D eigenvalue weighted by Gasteiger charge is 2.23. The lowest BCUT2D eigenvalue weighted by Crippen LogP contribution is -2.32. The van der Waals surface area contributed by atoms with Crippen LogP contribution in [0.2, 0.25) is 5.28 Å². The zero-order chi connectivity index (χ0) is 19.5. The zero-order valence-electron chi connectivity index (χ0n) is 16.4. The monoisotopic (exact) mass is 403 g/mol. The van der Waals surface area contributed by atoms with Crippen molar-refractivity contribution in [1.82, 2.24) is 15.0 Å². The molecule has 0 saturated heterocycles. The molecular formula is C20H26ClN5O2. The maximum absolute atomic E-state index is 6.21. The van der Waals surface area contributed by atoms with Gasteiger partial charge in [-0.25, -0.2) is 0 Å².